The Morgan fingerprint density at radius 1 is 1.14 bits per heavy atom. The Morgan fingerprint density at radius 2 is 1.89 bits per heavy atom. The van der Waals surface area contributed by atoms with Gasteiger partial charge >= 0.3 is 0 Å². The summed E-state index contributed by atoms with van der Waals surface area (Å²) in [5.41, 5.74) is 2.00. The summed E-state index contributed by atoms with van der Waals surface area (Å²) >= 11 is 0. The predicted molar refractivity (Wildman–Crippen MR) is 105 cm³/mol. The van der Waals surface area contributed by atoms with E-state index in [2.05, 4.69) is 20.2 Å². The molecule has 0 aliphatic carbocycles. The lowest BCUT2D eigenvalue weighted by Gasteiger charge is -2.32. The molecule has 3 aromatic rings. The van der Waals surface area contributed by atoms with Crippen molar-refractivity contribution in [1.29, 1.82) is 0 Å². The molecular weight excluding hydrogens is 354 g/mol. The normalized spacial score (nSPS) is 16.1. The van der Waals surface area contributed by atoms with Crippen LogP contribution in [0.3, 0.4) is 0 Å². The molecule has 0 bridgehead atoms. The number of Topliss-reactive ketones (excluding diaryl/α,β-unsaturated/α-hetero) is 1. The molecular formula is C21H23N5O2. The molecule has 1 aliphatic rings. The van der Waals surface area contributed by atoms with E-state index < -0.39 is 6.10 Å². The smallest absolute Gasteiger partial charge is 0.161 e. The van der Waals surface area contributed by atoms with Gasteiger partial charge in [-0.15, -0.1) is 5.10 Å². The number of carbonyl (C=O) groups excluding carboxylic acids is 1. The number of nitrogens with zero attached hydrogens (tertiary/aromatic N) is 5. The lowest BCUT2D eigenvalue weighted by molar-refractivity contribution is 0.101. The van der Waals surface area contributed by atoms with Crippen molar-refractivity contribution in [3.05, 3.63) is 71.7 Å². The van der Waals surface area contributed by atoms with E-state index in [0.717, 1.165) is 37.3 Å². The molecule has 1 N–H and O–H groups in total. The number of piperidine rings is 1. The summed E-state index contributed by atoms with van der Waals surface area (Å²) in [4.78, 5) is 18.0. The predicted octanol–water partition coefficient (Wildman–Crippen LogP) is 2.80. The van der Waals surface area contributed by atoms with Crippen LogP contribution in [0, 0.1) is 0 Å². The molecule has 7 heteroatoms. The molecule has 0 amide bonds. The number of ketones is 1. The number of carbonyl (C=O) groups is 1. The first-order chi connectivity index (χ1) is 13.6. The summed E-state index contributed by atoms with van der Waals surface area (Å²) < 4.78 is 1.87. The van der Waals surface area contributed by atoms with Crippen molar-refractivity contribution < 1.29 is 9.90 Å². The van der Waals surface area contributed by atoms with Crippen LogP contribution in [0.2, 0.25) is 0 Å². The SMILES string of the molecule is CC(=O)c1ccc(N2CCC(n3cc([C@@H](O)c4ccccc4)nn3)CC2)nc1. The highest BCUT2D eigenvalue weighted by atomic mass is 16.3. The lowest BCUT2D eigenvalue weighted by atomic mass is 10.0. The van der Waals surface area contributed by atoms with Crippen molar-refractivity contribution in [3.63, 3.8) is 0 Å². The van der Waals surface area contributed by atoms with Gasteiger partial charge in [0.05, 0.1) is 12.2 Å². The molecule has 28 heavy (non-hydrogen) atoms. The summed E-state index contributed by atoms with van der Waals surface area (Å²) in [6, 6.07) is 13.5. The third-order valence-electron chi connectivity index (χ3n) is 5.24. The largest absolute Gasteiger partial charge is 0.382 e. The first-order valence-electron chi connectivity index (χ1n) is 9.48. The number of anilines is 1. The average Bonchev–Trinajstić information content (AvgIpc) is 3.24. The summed E-state index contributed by atoms with van der Waals surface area (Å²) in [6.07, 6.45) is 4.55. The average molecular weight is 377 g/mol. The monoisotopic (exact) mass is 377 g/mol. The van der Waals surface area contributed by atoms with Crippen molar-refractivity contribution >= 4 is 11.6 Å². The molecule has 1 aliphatic heterocycles. The molecule has 0 saturated carbocycles. The molecule has 0 spiro atoms. The molecule has 4 rings (SSSR count). The second-order valence-corrected chi connectivity index (χ2v) is 7.12. The minimum Gasteiger partial charge on any atom is -0.382 e. The highest BCUT2D eigenvalue weighted by Gasteiger charge is 2.24. The maximum Gasteiger partial charge on any atom is 0.161 e. The highest BCUT2D eigenvalue weighted by molar-refractivity contribution is 5.93. The summed E-state index contributed by atoms with van der Waals surface area (Å²) in [6.45, 7) is 3.25. The van der Waals surface area contributed by atoms with Gasteiger partial charge in [0.25, 0.3) is 0 Å². The molecule has 1 fully saturated rings. The van der Waals surface area contributed by atoms with Crippen LogP contribution in [0.25, 0.3) is 0 Å². The third-order valence-corrected chi connectivity index (χ3v) is 5.24. The van der Waals surface area contributed by atoms with E-state index in [9.17, 15) is 9.90 Å². The standard InChI is InChI=1S/C21H23N5O2/c1-15(27)17-7-8-20(22-13-17)25-11-9-18(10-12-25)26-14-19(23-24-26)21(28)16-5-3-2-4-6-16/h2-8,13-14,18,21,28H,9-12H2,1H3/t21-/m0/s1. The Kier molecular flexibility index (Phi) is 5.16. The van der Waals surface area contributed by atoms with Crippen molar-refractivity contribution in [3.8, 4) is 0 Å². The summed E-state index contributed by atoms with van der Waals surface area (Å²) in [7, 11) is 0. The molecule has 1 atom stereocenters. The third kappa shape index (κ3) is 3.80. The van der Waals surface area contributed by atoms with E-state index in [1.807, 2.05) is 53.3 Å². The number of pyridine rings is 1. The summed E-state index contributed by atoms with van der Waals surface area (Å²) in [5.74, 6) is 0.916. The summed E-state index contributed by atoms with van der Waals surface area (Å²) in [5, 5.41) is 18.9. The fraction of sp³-hybridized carbons (Fsp3) is 0.333. The fourth-order valence-electron chi connectivity index (χ4n) is 3.54. The molecule has 2 aromatic heterocycles. The van der Waals surface area contributed by atoms with Gasteiger partial charge in [-0.25, -0.2) is 9.67 Å². The van der Waals surface area contributed by atoms with Gasteiger partial charge in [0.2, 0.25) is 0 Å². The molecule has 144 valence electrons. The first-order valence-corrected chi connectivity index (χ1v) is 9.48. The molecule has 0 unspecified atom stereocenters. The van der Waals surface area contributed by atoms with Crippen LogP contribution >= 0.6 is 0 Å². The van der Waals surface area contributed by atoms with Crippen molar-refractivity contribution in [2.24, 2.45) is 0 Å². The van der Waals surface area contributed by atoms with E-state index in [4.69, 9.17) is 0 Å². The zero-order valence-corrected chi connectivity index (χ0v) is 15.8. The van der Waals surface area contributed by atoms with Crippen LogP contribution in [-0.2, 0) is 0 Å². The molecule has 1 aromatic carbocycles. The molecule has 7 nitrogen and oxygen atoms in total. The van der Waals surface area contributed by atoms with Crippen LogP contribution in [0.4, 0.5) is 5.82 Å². The van der Waals surface area contributed by atoms with Gasteiger partial charge in [0.15, 0.2) is 5.78 Å². The van der Waals surface area contributed by atoms with Crippen molar-refractivity contribution in [1.82, 2.24) is 20.0 Å². The van der Waals surface area contributed by atoms with Crippen LogP contribution in [0.15, 0.2) is 54.9 Å². The van der Waals surface area contributed by atoms with Gasteiger partial charge in [-0.3, -0.25) is 4.79 Å². The van der Waals surface area contributed by atoms with Crippen LogP contribution in [0.5, 0.6) is 0 Å². The maximum atomic E-state index is 11.4. The minimum atomic E-state index is -0.765. The van der Waals surface area contributed by atoms with Gasteiger partial charge < -0.3 is 10.0 Å². The first kappa shape index (κ1) is 18.3. The van der Waals surface area contributed by atoms with Gasteiger partial charge in [-0.2, -0.15) is 0 Å². The number of rotatable bonds is 5. The van der Waals surface area contributed by atoms with Crippen LogP contribution in [-0.4, -0.2) is 44.0 Å². The Labute approximate surface area is 163 Å². The number of hydrogen-bond donors (Lipinski definition) is 1. The van der Waals surface area contributed by atoms with E-state index in [1.54, 1.807) is 13.1 Å². The Balaban J connectivity index is 1.39. The van der Waals surface area contributed by atoms with Gasteiger partial charge in [-0.05, 0) is 37.5 Å². The van der Waals surface area contributed by atoms with E-state index >= 15 is 0 Å². The quantitative estimate of drug-likeness (QED) is 0.689. The lowest BCUT2D eigenvalue weighted by Crippen LogP contribution is -2.35. The van der Waals surface area contributed by atoms with Gasteiger partial charge in [-0.1, -0.05) is 35.5 Å². The second kappa shape index (κ2) is 7.90. The highest BCUT2D eigenvalue weighted by Crippen LogP contribution is 2.26. The van der Waals surface area contributed by atoms with Gasteiger partial charge in [0.1, 0.15) is 17.6 Å². The minimum absolute atomic E-state index is 0.0254. The molecule has 3 heterocycles. The van der Waals surface area contributed by atoms with Crippen LogP contribution < -0.4 is 4.90 Å². The van der Waals surface area contributed by atoms with Crippen molar-refractivity contribution in [2.45, 2.75) is 31.9 Å². The van der Waals surface area contributed by atoms with E-state index in [-0.39, 0.29) is 11.8 Å². The van der Waals surface area contributed by atoms with Crippen LogP contribution in [0.1, 0.15) is 53.5 Å². The van der Waals surface area contributed by atoms with Gasteiger partial charge in [0, 0.05) is 24.8 Å². The number of aliphatic hydroxyl groups excluding tert-OH is 1. The topological polar surface area (TPSA) is 84.1 Å². The Morgan fingerprint density at radius 3 is 2.54 bits per heavy atom. The van der Waals surface area contributed by atoms with Crippen molar-refractivity contribution in [2.75, 3.05) is 18.0 Å². The molecule has 1 saturated heterocycles. The van der Waals surface area contributed by atoms with E-state index in [1.165, 1.54) is 0 Å². The zero-order chi connectivity index (χ0) is 19.5. The number of aliphatic hydroxyl groups is 1. The van der Waals surface area contributed by atoms with E-state index in [0.29, 0.717) is 11.3 Å². The Hall–Kier alpha value is -3.06. The molecule has 0 radical (unpaired) electrons. The zero-order valence-electron chi connectivity index (χ0n) is 15.8. The number of aromatic nitrogens is 4. The fourth-order valence-corrected chi connectivity index (χ4v) is 3.54. The second-order valence-electron chi connectivity index (χ2n) is 7.12. The number of hydrogen-bond acceptors (Lipinski definition) is 6. The maximum absolute atomic E-state index is 11.4. The Bertz CT molecular complexity index is 931. The number of benzene rings is 1.